The molecule has 5 nitrogen and oxygen atoms in total. The van der Waals surface area contributed by atoms with Gasteiger partial charge < -0.3 is 5.32 Å². The maximum atomic E-state index is 12.5. The molecule has 122 valence electrons. The minimum absolute atomic E-state index is 0.0964. The second-order valence-electron chi connectivity index (χ2n) is 5.73. The van der Waals surface area contributed by atoms with Crippen molar-refractivity contribution in [1.29, 1.82) is 0 Å². The van der Waals surface area contributed by atoms with Crippen LogP contribution in [-0.2, 0) is 4.79 Å². The van der Waals surface area contributed by atoms with Crippen LogP contribution in [0, 0.1) is 0 Å². The quantitative estimate of drug-likeness (QED) is 0.343. The third-order valence-corrected chi connectivity index (χ3v) is 3.83. The van der Waals surface area contributed by atoms with Crippen molar-refractivity contribution >= 4 is 23.5 Å². The summed E-state index contributed by atoms with van der Waals surface area (Å²) in [6.07, 6.45) is 3.85. The lowest BCUT2D eigenvalue weighted by molar-refractivity contribution is -0.115. The SMILES string of the molecule is O=C(NC1CC1)/C(=C/c1ccc(C(=O)NO)cc1)c1ccccc1. The second-order valence-corrected chi connectivity index (χ2v) is 5.73. The predicted molar refractivity (Wildman–Crippen MR) is 91.2 cm³/mol. The number of hydrogen-bond donors (Lipinski definition) is 3. The molecular formula is C19H18N2O3. The lowest BCUT2D eigenvalue weighted by Gasteiger charge is -2.09. The summed E-state index contributed by atoms with van der Waals surface area (Å²) in [5, 5.41) is 11.7. The number of hydrogen-bond acceptors (Lipinski definition) is 3. The van der Waals surface area contributed by atoms with Crippen molar-refractivity contribution in [2.24, 2.45) is 0 Å². The molecule has 2 aromatic rings. The first kappa shape index (κ1) is 16.0. The summed E-state index contributed by atoms with van der Waals surface area (Å²) in [4.78, 5) is 23.9. The lowest BCUT2D eigenvalue weighted by Crippen LogP contribution is -2.26. The van der Waals surface area contributed by atoms with Crippen LogP contribution in [0.2, 0.25) is 0 Å². The van der Waals surface area contributed by atoms with Crippen molar-refractivity contribution in [2.45, 2.75) is 18.9 Å². The van der Waals surface area contributed by atoms with Crippen molar-refractivity contribution < 1.29 is 14.8 Å². The van der Waals surface area contributed by atoms with Crippen LogP contribution in [0.3, 0.4) is 0 Å². The van der Waals surface area contributed by atoms with Crippen LogP contribution < -0.4 is 10.8 Å². The van der Waals surface area contributed by atoms with Crippen LogP contribution in [-0.4, -0.2) is 23.1 Å². The molecule has 5 heteroatoms. The summed E-state index contributed by atoms with van der Waals surface area (Å²) in [7, 11) is 0. The average molecular weight is 322 g/mol. The highest BCUT2D eigenvalue weighted by atomic mass is 16.5. The fourth-order valence-electron chi connectivity index (χ4n) is 2.35. The van der Waals surface area contributed by atoms with E-state index in [0.717, 1.165) is 24.0 Å². The van der Waals surface area contributed by atoms with Crippen molar-refractivity contribution in [2.75, 3.05) is 0 Å². The minimum Gasteiger partial charge on any atom is -0.349 e. The normalized spacial score (nSPS) is 14.1. The lowest BCUT2D eigenvalue weighted by atomic mass is 10.0. The van der Waals surface area contributed by atoms with Gasteiger partial charge in [0, 0.05) is 17.2 Å². The predicted octanol–water partition coefficient (Wildman–Crippen LogP) is 2.62. The van der Waals surface area contributed by atoms with Gasteiger partial charge in [-0.1, -0.05) is 42.5 Å². The van der Waals surface area contributed by atoms with Crippen LogP contribution >= 0.6 is 0 Å². The van der Waals surface area contributed by atoms with Gasteiger partial charge in [-0.05, 0) is 42.2 Å². The molecule has 2 aromatic carbocycles. The molecule has 0 bridgehead atoms. The van der Waals surface area contributed by atoms with E-state index >= 15 is 0 Å². The Labute approximate surface area is 140 Å². The van der Waals surface area contributed by atoms with Crippen molar-refractivity contribution in [3.63, 3.8) is 0 Å². The van der Waals surface area contributed by atoms with Crippen LogP contribution in [0.15, 0.2) is 54.6 Å². The number of carbonyl (C=O) groups is 2. The van der Waals surface area contributed by atoms with Crippen LogP contribution in [0.5, 0.6) is 0 Å². The van der Waals surface area contributed by atoms with Crippen molar-refractivity contribution in [3.8, 4) is 0 Å². The molecule has 0 heterocycles. The number of amides is 2. The highest BCUT2D eigenvalue weighted by Gasteiger charge is 2.25. The molecule has 1 saturated carbocycles. The standard InChI is InChI=1S/C19H18N2O3/c22-18(21-24)15-8-6-13(7-9-15)12-17(14-4-2-1-3-5-14)19(23)20-16-10-11-16/h1-9,12,16,24H,10-11H2,(H,20,23)(H,21,22)/b17-12+. The average Bonchev–Trinajstić information content (AvgIpc) is 3.44. The van der Waals surface area contributed by atoms with Gasteiger partial charge in [-0.15, -0.1) is 0 Å². The van der Waals surface area contributed by atoms with Gasteiger partial charge in [0.2, 0.25) is 0 Å². The number of nitrogens with one attached hydrogen (secondary N) is 2. The van der Waals surface area contributed by atoms with E-state index < -0.39 is 5.91 Å². The summed E-state index contributed by atoms with van der Waals surface area (Å²) < 4.78 is 0. The zero-order valence-corrected chi connectivity index (χ0v) is 13.0. The molecule has 1 fully saturated rings. The molecule has 3 N–H and O–H groups in total. The van der Waals surface area contributed by atoms with Gasteiger partial charge in [0.05, 0.1) is 0 Å². The highest BCUT2D eigenvalue weighted by Crippen LogP contribution is 2.23. The molecule has 2 amide bonds. The van der Waals surface area contributed by atoms with Gasteiger partial charge in [0.15, 0.2) is 0 Å². The van der Waals surface area contributed by atoms with E-state index in [0.29, 0.717) is 11.1 Å². The largest absolute Gasteiger partial charge is 0.349 e. The Morgan fingerprint density at radius 1 is 0.958 bits per heavy atom. The van der Waals surface area contributed by atoms with E-state index in [4.69, 9.17) is 5.21 Å². The van der Waals surface area contributed by atoms with Gasteiger partial charge in [0.1, 0.15) is 0 Å². The zero-order valence-electron chi connectivity index (χ0n) is 13.0. The fourth-order valence-corrected chi connectivity index (χ4v) is 2.35. The van der Waals surface area contributed by atoms with E-state index in [9.17, 15) is 9.59 Å². The number of carbonyl (C=O) groups excluding carboxylic acids is 2. The smallest absolute Gasteiger partial charge is 0.274 e. The van der Waals surface area contributed by atoms with Crippen LogP contribution in [0.4, 0.5) is 0 Å². The summed E-state index contributed by atoms with van der Waals surface area (Å²) in [5.41, 5.74) is 4.17. The van der Waals surface area contributed by atoms with E-state index in [1.165, 1.54) is 0 Å². The van der Waals surface area contributed by atoms with E-state index in [1.54, 1.807) is 35.8 Å². The molecule has 0 aromatic heterocycles. The first-order valence-electron chi connectivity index (χ1n) is 7.80. The first-order valence-corrected chi connectivity index (χ1v) is 7.80. The molecule has 24 heavy (non-hydrogen) atoms. The van der Waals surface area contributed by atoms with Gasteiger partial charge in [-0.3, -0.25) is 14.8 Å². The Kier molecular flexibility index (Phi) is 4.72. The number of hydroxylamine groups is 1. The second kappa shape index (κ2) is 7.10. The van der Waals surface area contributed by atoms with Crippen molar-refractivity contribution in [1.82, 2.24) is 10.8 Å². The van der Waals surface area contributed by atoms with E-state index in [2.05, 4.69) is 5.32 Å². The molecule has 3 rings (SSSR count). The third-order valence-electron chi connectivity index (χ3n) is 3.83. The minimum atomic E-state index is -0.569. The Hall–Kier alpha value is -2.92. The van der Waals surface area contributed by atoms with Gasteiger partial charge in [-0.25, -0.2) is 5.48 Å². The highest BCUT2D eigenvalue weighted by molar-refractivity contribution is 6.24. The van der Waals surface area contributed by atoms with Gasteiger partial charge in [-0.2, -0.15) is 0 Å². The Morgan fingerprint density at radius 2 is 1.62 bits per heavy atom. The summed E-state index contributed by atoms with van der Waals surface area (Å²) >= 11 is 0. The summed E-state index contributed by atoms with van der Waals surface area (Å²) in [6.45, 7) is 0. The molecule has 1 aliphatic carbocycles. The first-order chi connectivity index (χ1) is 11.7. The van der Waals surface area contributed by atoms with E-state index in [1.807, 2.05) is 30.3 Å². The molecule has 0 spiro atoms. The van der Waals surface area contributed by atoms with Gasteiger partial charge in [0.25, 0.3) is 11.8 Å². The Morgan fingerprint density at radius 3 is 2.21 bits per heavy atom. The monoisotopic (exact) mass is 322 g/mol. The third kappa shape index (κ3) is 3.88. The fraction of sp³-hybridized carbons (Fsp3) is 0.158. The molecule has 0 aliphatic heterocycles. The molecular weight excluding hydrogens is 304 g/mol. The summed E-state index contributed by atoms with van der Waals surface area (Å²) in [5.74, 6) is -0.666. The molecule has 0 atom stereocenters. The molecule has 0 saturated heterocycles. The maximum absolute atomic E-state index is 12.5. The summed E-state index contributed by atoms with van der Waals surface area (Å²) in [6, 6.07) is 16.4. The molecule has 0 unspecified atom stereocenters. The maximum Gasteiger partial charge on any atom is 0.274 e. The zero-order chi connectivity index (χ0) is 16.9. The molecule has 0 radical (unpaired) electrons. The molecule has 1 aliphatic rings. The number of rotatable bonds is 5. The van der Waals surface area contributed by atoms with Crippen LogP contribution in [0.1, 0.15) is 34.3 Å². The van der Waals surface area contributed by atoms with E-state index in [-0.39, 0.29) is 11.9 Å². The van der Waals surface area contributed by atoms with Gasteiger partial charge >= 0.3 is 0 Å². The Balaban J connectivity index is 1.90. The number of benzene rings is 2. The van der Waals surface area contributed by atoms with Crippen LogP contribution in [0.25, 0.3) is 11.6 Å². The topological polar surface area (TPSA) is 78.4 Å². The van der Waals surface area contributed by atoms with Crippen molar-refractivity contribution in [3.05, 3.63) is 71.3 Å². The Bertz CT molecular complexity index is 763.